The minimum atomic E-state index is 0.742. The maximum absolute atomic E-state index is 5.90. The van der Waals surface area contributed by atoms with Crippen LogP contribution in [0.2, 0.25) is 5.02 Å². The van der Waals surface area contributed by atoms with Gasteiger partial charge in [0.1, 0.15) is 0 Å². The molecule has 2 heterocycles. The highest BCUT2D eigenvalue weighted by molar-refractivity contribution is 6.30. The van der Waals surface area contributed by atoms with Crippen LogP contribution in [-0.4, -0.2) is 19.6 Å². The van der Waals surface area contributed by atoms with Crippen molar-refractivity contribution in [2.24, 2.45) is 14.1 Å². The SMILES string of the molecule is Cn1cc(Cl)cc1CNCc1cnnn1C. The lowest BCUT2D eigenvalue weighted by Crippen LogP contribution is -2.16. The molecule has 1 N–H and O–H groups in total. The molecule has 0 amide bonds. The van der Waals surface area contributed by atoms with Crippen molar-refractivity contribution in [3.8, 4) is 0 Å². The Morgan fingerprint density at radius 3 is 2.62 bits per heavy atom. The van der Waals surface area contributed by atoms with Crippen LogP contribution in [0.1, 0.15) is 11.4 Å². The van der Waals surface area contributed by atoms with Crippen LogP contribution < -0.4 is 5.32 Å². The number of halogens is 1. The molecule has 5 nitrogen and oxygen atoms in total. The molecule has 0 radical (unpaired) electrons. The second-order valence-corrected chi connectivity index (χ2v) is 4.15. The van der Waals surface area contributed by atoms with E-state index in [1.807, 2.05) is 30.9 Å². The maximum atomic E-state index is 5.90. The van der Waals surface area contributed by atoms with Crippen molar-refractivity contribution in [1.29, 1.82) is 0 Å². The molecule has 0 atom stereocenters. The molecule has 0 unspecified atom stereocenters. The van der Waals surface area contributed by atoms with Gasteiger partial charge in [0.05, 0.1) is 16.9 Å². The van der Waals surface area contributed by atoms with E-state index in [1.54, 1.807) is 10.9 Å². The normalized spacial score (nSPS) is 10.9. The lowest BCUT2D eigenvalue weighted by atomic mass is 10.4. The van der Waals surface area contributed by atoms with Crippen LogP contribution in [0.25, 0.3) is 0 Å². The first-order valence-electron chi connectivity index (χ1n) is 5.02. The van der Waals surface area contributed by atoms with Crippen LogP contribution in [-0.2, 0) is 27.2 Å². The van der Waals surface area contributed by atoms with E-state index in [0.717, 1.165) is 29.5 Å². The summed E-state index contributed by atoms with van der Waals surface area (Å²) in [6, 6.07) is 1.95. The molecule has 0 aliphatic rings. The fraction of sp³-hybridized carbons (Fsp3) is 0.400. The fourth-order valence-electron chi connectivity index (χ4n) is 1.53. The summed E-state index contributed by atoms with van der Waals surface area (Å²) < 4.78 is 3.77. The van der Waals surface area contributed by atoms with Crippen molar-refractivity contribution in [2.75, 3.05) is 0 Å². The first-order chi connectivity index (χ1) is 7.66. The Balaban J connectivity index is 1.89. The van der Waals surface area contributed by atoms with Crippen LogP contribution in [0.15, 0.2) is 18.5 Å². The molecule has 2 rings (SSSR count). The first-order valence-corrected chi connectivity index (χ1v) is 5.39. The Kier molecular flexibility index (Phi) is 3.26. The highest BCUT2D eigenvalue weighted by atomic mass is 35.5. The average molecular weight is 240 g/mol. The number of rotatable bonds is 4. The fourth-order valence-corrected chi connectivity index (χ4v) is 1.80. The monoisotopic (exact) mass is 239 g/mol. The second kappa shape index (κ2) is 4.67. The molecule has 0 fully saturated rings. The number of nitrogens with zero attached hydrogens (tertiary/aromatic N) is 4. The van der Waals surface area contributed by atoms with Gasteiger partial charge in [-0.2, -0.15) is 0 Å². The van der Waals surface area contributed by atoms with Crippen molar-refractivity contribution in [3.05, 3.63) is 34.9 Å². The molecular weight excluding hydrogens is 226 g/mol. The quantitative estimate of drug-likeness (QED) is 0.869. The molecule has 86 valence electrons. The molecule has 0 bridgehead atoms. The van der Waals surface area contributed by atoms with E-state index in [9.17, 15) is 0 Å². The molecule has 6 heteroatoms. The van der Waals surface area contributed by atoms with Gasteiger partial charge >= 0.3 is 0 Å². The lowest BCUT2D eigenvalue weighted by Gasteiger charge is -2.05. The molecule has 0 saturated heterocycles. The van der Waals surface area contributed by atoms with Gasteiger partial charge in [-0.3, -0.25) is 4.68 Å². The van der Waals surface area contributed by atoms with Gasteiger partial charge in [-0.1, -0.05) is 16.8 Å². The summed E-state index contributed by atoms with van der Waals surface area (Å²) in [7, 11) is 3.86. The highest BCUT2D eigenvalue weighted by Crippen LogP contribution is 2.12. The molecule has 0 aliphatic carbocycles. The Bertz CT molecular complexity index is 473. The number of nitrogens with one attached hydrogen (secondary N) is 1. The van der Waals surface area contributed by atoms with E-state index in [2.05, 4.69) is 15.6 Å². The minimum absolute atomic E-state index is 0.742. The van der Waals surface area contributed by atoms with Crippen molar-refractivity contribution in [1.82, 2.24) is 24.9 Å². The summed E-state index contributed by atoms with van der Waals surface area (Å²) in [5.41, 5.74) is 2.21. The van der Waals surface area contributed by atoms with Gasteiger partial charge in [-0.05, 0) is 6.07 Å². The third-order valence-corrected chi connectivity index (χ3v) is 2.70. The molecule has 0 spiro atoms. The Labute approximate surface area is 99.0 Å². The van der Waals surface area contributed by atoms with E-state index >= 15 is 0 Å². The van der Waals surface area contributed by atoms with E-state index in [0.29, 0.717) is 0 Å². The topological polar surface area (TPSA) is 47.7 Å². The Morgan fingerprint density at radius 1 is 1.31 bits per heavy atom. The minimum Gasteiger partial charge on any atom is -0.352 e. The van der Waals surface area contributed by atoms with Crippen molar-refractivity contribution >= 4 is 11.6 Å². The van der Waals surface area contributed by atoms with E-state index in [4.69, 9.17) is 11.6 Å². The Hall–Kier alpha value is -1.33. The zero-order chi connectivity index (χ0) is 11.5. The van der Waals surface area contributed by atoms with Gasteiger partial charge in [0.2, 0.25) is 0 Å². The standard InChI is InChI=1S/C10H14ClN5/c1-15-7-8(11)3-9(15)4-12-5-10-6-13-14-16(10)2/h3,6-7,12H,4-5H2,1-2H3. The van der Waals surface area contributed by atoms with E-state index in [-0.39, 0.29) is 0 Å². The highest BCUT2D eigenvalue weighted by Gasteiger charge is 2.02. The summed E-state index contributed by atoms with van der Waals surface area (Å²) in [5.74, 6) is 0. The predicted octanol–water partition coefficient (Wildman–Crippen LogP) is 1.10. The number of hydrogen-bond acceptors (Lipinski definition) is 3. The summed E-state index contributed by atoms with van der Waals surface area (Å²) in [4.78, 5) is 0. The predicted molar refractivity (Wildman–Crippen MR) is 62.0 cm³/mol. The summed E-state index contributed by atoms with van der Waals surface area (Å²) in [6.45, 7) is 1.51. The van der Waals surface area contributed by atoms with Crippen LogP contribution in [0, 0.1) is 0 Å². The molecule has 0 aromatic carbocycles. The van der Waals surface area contributed by atoms with Crippen molar-refractivity contribution in [2.45, 2.75) is 13.1 Å². The van der Waals surface area contributed by atoms with E-state index in [1.165, 1.54) is 0 Å². The van der Waals surface area contributed by atoms with Crippen molar-refractivity contribution < 1.29 is 0 Å². The third kappa shape index (κ3) is 2.43. The number of hydrogen-bond donors (Lipinski definition) is 1. The zero-order valence-corrected chi connectivity index (χ0v) is 10.1. The smallest absolute Gasteiger partial charge is 0.0738 e. The molecular formula is C10H14ClN5. The molecule has 0 saturated carbocycles. The Morgan fingerprint density at radius 2 is 2.06 bits per heavy atom. The van der Waals surface area contributed by atoms with Crippen LogP contribution in [0.5, 0.6) is 0 Å². The number of aryl methyl sites for hydroxylation is 2. The maximum Gasteiger partial charge on any atom is 0.0738 e. The van der Waals surface area contributed by atoms with Crippen molar-refractivity contribution in [3.63, 3.8) is 0 Å². The van der Waals surface area contributed by atoms with Crippen LogP contribution in [0.3, 0.4) is 0 Å². The second-order valence-electron chi connectivity index (χ2n) is 3.71. The van der Waals surface area contributed by atoms with Crippen LogP contribution in [0.4, 0.5) is 0 Å². The molecule has 2 aromatic heterocycles. The van der Waals surface area contributed by atoms with Gasteiger partial charge in [0, 0.05) is 39.1 Å². The lowest BCUT2D eigenvalue weighted by molar-refractivity contribution is 0.602. The zero-order valence-electron chi connectivity index (χ0n) is 9.31. The molecule has 16 heavy (non-hydrogen) atoms. The third-order valence-electron chi connectivity index (χ3n) is 2.49. The average Bonchev–Trinajstić information content (AvgIpc) is 2.75. The summed E-state index contributed by atoms with van der Waals surface area (Å²) in [5, 5.41) is 11.8. The largest absolute Gasteiger partial charge is 0.352 e. The molecule has 0 aliphatic heterocycles. The van der Waals surface area contributed by atoms with Gasteiger partial charge < -0.3 is 9.88 Å². The van der Waals surface area contributed by atoms with Gasteiger partial charge in [0.25, 0.3) is 0 Å². The van der Waals surface area contributed by atoms with Gasteiger partial charge in [0.15, 0.2) is 0 Å². The van der Waals surface area contributed by atoms with Gasteiger partial charge in [-0.25, -0.2) is 0 Å². The van der Waals surface area contributed by atoms with Gasteiger partial charge in [-0.15, -0.1) is 5.10 Å². The van der Waals surface area contributed by atoms with Crippen LogP contribution >= 0.6 is 11.6 Å². The van der Waals surface area contributed by atoms with E-state index < -0.39 is 0 Å². The first kappa shape index (κ1) is 11.2. The number of aromatic nitrogens is 4. The molecule has 2 aromatic rings. The summed E-state index contributed by atoms with van der Waals surface area (Å²) in [6.07, 6.45) is 3.65. The summed E-state index contributed by atoms with van der Waals surface area (Å²) >= 11 is 5.90.